The summed E-state index contributed by atoms with van der Waals surface area (Å²) in [7, 11) is 0. The highest BCUT2D eigenvalue weighted by Gasteiger charge is 2.28. The van der Waals surface area contributed by atoms with Crippen LogP contribution in [0, 0.1) is 6.92 Å². The van der Waals surface area contributed by atoms with Crippen LogP contribution in [-0.4, -0.2) is 64.9 Å². The Hall–Kier alpha value is -2.67. The number of aromatic nitrogens is 1. The summed E-state index contributed by atoms with van der Waals surface area (Å²) < 4.78 is 5.40. The molecule has 0 spiro atoms. The quantitative estimate of drug-likeness (QED) is 0.735. The van der Waals surface area contributed by atoms with Gasteiger partial charge in [-0.1, -0.05) is 11.6 Å². The predicted molar refractivity (Wildman–Crippen MR) is 105 cm³/mol. The van der Waals surface area contributed by atoms with Crippen molar-refractivity contribution in [2.45, 2.75) is 26.9 Å². The van der Waals surface area contributed by atoms with Crippen LogP contribution in [-0.2, 0) is 14.3 Å². The number of fused-ring (bicyclic) bond motifs is 1. The third-order valence-corrected chi connectivity index (χ3v) is 5.09. The number of hydrogen-bond acceptors (Lipinski definition) is 5. The van der Waals surface area contributed by atoms with Crippen LogP contribution in [0.15, 0.2) is 24.3 Å². The number of rotatable bonds is 3. The van der Waals surface area contributed by atoms with Crippen molar-refractivity contribution in [2.24, 2.45) is 0 Å². The maximum atomic E-state index is 12.6. The lowest BCUT2D eigenvalue weighted by atomic mass is 10.1. The maximum Gasteiger partial charge on any atom is 0.340 e. The van der Waals surface area contributed by atoms with E-state index in [2.05, 4.69) is 4.98 Å². The average Bonchev–Trinajstić information content (AvgIpc) is 2.67. The van der Waals surface area contributed by atoms with E-state index in [-0.39, 0.29) is 11.8 Å². The molecule has 3 rings (SSSR count). The Labute approximate surface area is 168 Å². The second-order valence-electron chi connectivity index (χ2n) is 6.84. The topological polar surface area (TPSA) is 79.8 Å². The first-order valence-electron chi connectivity index (χ1n) is 9.08. The van der Waals surface area contributed by atoms with Crippen molar-refractivity contribution < 1.29 is 19.1 Å². The molecule has 1 aromatic carbocycles. The molecule has 0 saturated carbocycles. The molecule has 7 nitrogen and oxygen atoms in total. The van der Waals surface area contributed by atoms with Crippen molar-refractivity contribution in [3.63, 3.8) is 0 Å². The summed E-state index contributed by atoms with van der Waals surface area (Å²) in [5.74, 6) is -0.882. The summed E-state index contributed by atoms with van der Waals surface area (Å²) in [6, 6.07) is 6.92. The normalized spacial score (nSPS) is 15.4. The zero-order valence-corrected chi connectivity index (χ0v) is 16.8. The van der Waals surface area contributed by atoms with Crippen LogP contribution in [0.4, 0.5) is 0 Å². The van der Waals surface area contributed by atoms with Gasteiger partial charge in [-0.05, 0) is 38.1 Å². The second-order valence-corrected chi connectivity index (χ2v) is 7.27. The number of halogens is 1. The largest absolute Gasteiger partial charge is 0.449 e. The third kappa shape index (κ3) is 4.25. The number of carbonyl (C=O) groups excluding carboxylic acids is 3. The van der Waals surface area contributed by atoms with Crippen LogP contribution in [0.5, 0.6) is 0 Å². The summed E-state index contributed by atoms with van der Waals surface area (Å²) in [4.78, 5) is 44.3. The molecule has 2 heterocycles. The number of amides is 2. The van der Waals surface area contributed by atoms with E-state index in [4.69, 9.17) is 16.3 Å². The molecule has 0 radical (unpaired) electrons. The van der Waals surface area contributed by atoms with Gasteiger partial charge in [0.05, 0.1) is 16.8 Å². The molecule has 0 bridgehead atoms. The van der Waals surface area contributed by atoms with Gasteiger partial charge in [0.2, 0.25) is 5.91 Å². The first-order valence-corrected chi connectivity index (χ1v) is 9.46. The van der Waals surface area contributed by atoms with E-state index in [1.807, 2.05) is 0 Å². The molecule has 2 aromatic rings. The van der Waals surface area contributed by atoms with E-state index in [1.165, 1.54) is 6.92 Å². The van der Waals surface area contributed by atoms with Gasteiger partial charge < -0.3 is 14.5 Å². The monoisotopic (exact) mass is 403 g/mol. The minimum Gasteiger partial charge on any atom is -0.449 e. The number of esters is 1. The van der Waals surface area contributed by atoms with E-state index in [9.17, 15) is 14.4 Å². The van der Waals surface area contributed by atoms with Crippen molar-refractivity contribution in [2.75, 3.05) is 26.2 Å². The number of ether oxygens (including phenoxy) is 1. The SMILES string of the molecule is CC(=O)N1CCN(C(=O)C(C)OC(=O)c2cc3cc(Cl)ccc3nc2C)CC1. The first-order chi connectivity index (χ1) is 13.3. The molecule has 1 aromatic heterocycles. The summed E-state index contributed by atoms with van der Waals surface area (Å²) in [5, 5.41) is 1.27. The predicted octanol–water partition coefficient (Wildman–Crippen LogP) is 2.43. The Morgan fingerprint density at radius 1 is 1.11 bits per heavy atom. The number of aryl methyl sites for hydroxylation is 1. The Kier molecular flexibility index (Phi) is 5.84. The molecule has 1 unspecified atom stereocenters. The zero-order valence-electron chi connectivity index (χ0n) is 16.1. The molecule has 0 N–H and O–H groups in total. The zero-order chi connectivity index (χ0) is 20.4. The molecule has 1 fully saturated rings. The number of carbonyl (C=O) groups is 3. The highest BCUT2D eigenvalue weighted by atomic mass is 35.5. The average molecular weight is 404 g/mol. The van der Waals surface area contributed by atoms with Crippen molar-refractivity contribution in [1.29, 1.82) is 0 Å². The summed E-state index contributed by atoms with van der Waals surface area (Å²) in [6.07, 6.45) is -0.925. The van der Waals surface area contributed by atoms with Gasteiger partial charge in [0.25, 0.3) is 5.91 Å². The number of pyridine rings is 1. The van der Waals surface area contributed by atoms with Crippen LogP contribution in [0.1, 0.15) is 29.9 Å². The standard InChI is InChI=1S/C20H22ClN3O4/c1-12-17(11-15-10-16(21)4-5-18(15)22-12)20(27)28-13(2)19(26)24-8-6-23(7-9-24)14(3)25/h4-5,10-11,13H,6-9H2,1-3H3. The van der Waals surface area contributed by atoms with Gasteiger partial charge in [-0.15, -0.1) is 0 Å². The fraction of sp³-hybridized carbons (Fsp3) is 0.400. The number of piperazine rings is 1. The third-order valence-electron chi connectivity index (χ3n) is 4.86. The molecule has 1 saturated heterocycles. The molecule has 0 aliphatic carbocycles. The lowest BCUT2D eigenvalue weighted by Gasteiger charge is -2.35. The van der Waals surface area contributed by atoms with Gasteiger partial charge >= 0.3 is 5.97 Å². The Bertz CT molecular complexity index is 938. The molecular weight excluding hydrogens is 382 g/mol. The van der Waals surface area contributed by atoms with E-state index >= 15 is 0 Å². The molecule has 148 valence electrons. The van der Waals surface area contributed by atoms with E-state index in [1.54, 1.807) is 47.9 Å². The molecule has 8 heteroatoms. The van der Waals surface area contributed by atoms with Gasteiger partial charge in [0.1, 0.15) is 0 Å². The Balaban J connectivity index is 1.68. The van der Waals surface area contributed by atoms with Crippen LogP contribution in [0.2, 0.25) is 5.02 Å². The van der Waals surface area contributed by atoms with Crippen molar-refractivity contribution in [3.05, 3.63) is 40.5 Å². The first kappa shape index (κ1) is 20.1. The molecule has 28 heavy (non-hydrogen) atoms. The van der Waals surface area contributed by atoms with Crippen molar-refractivity contribution in [3.8, 4) is 0 Å². The molecule has 1 atom stereocenters. The lowest BCUT2D eigenvalue weighted by molar-refractivity contribution is -0.144. The smallest absolute Gasteiger partial charge is 0.340 e. The Morgan fingerprint density at radius 2 is 1.75 bits per heavy atom. The highest BCUT2D eigenvalue weighted by Crippen LogP contribution is 2.21. The van der Waals surface area contributed by atoms with Crippen LogP contribution >= 0.6 is 11.6 Å². The van der Waals surface area contributed by atoms with Gasteiger partial charge in [-0.2, -0.15) is 0 Å². The number of benzene rings is 1. The fourth-order valence-electron chi connectivity index (χ4n) is 3.22. The fourth-order valence-corrected chi connectivity index (χ4v) is 3.40. The van der Waals surface area contributed by atoms with Crippen LogP contribution < -0.4 is 0 Å². The highest BCUT2D eigenvalue weighted by molar-refractivity contribution is 6.31. The summed E-state index contributed by atoms with van der Waals surface area (Å²) >= 11 is 6.01. The molecular formula is C20H22ClN3O4. The van der Waals surface area contributed by atoms with Crippen LogP contribution in [0.3, 0.4) is 0 Å². The van der Waals surface area contributed by atoms with Gasteiger partial charge in [0, 0.05) is 43.5 Å². The minimum absolute atomic E-state index is 0.00837. The number of nitrogens with zero attached hydrogens (tertiary/aromatic N) is 3. The van der Waals surface area contributed by atoms with Crippen LogP contribution in [0.25, 0.3) is 10.9 Å². The molecule has 1 aliphatic heterocycles. The van der Waals surface area contributed by atoms with Gasteiger partial charge in [-0.25, -0.2) is 4.79 Å². The minimum atomic E-state index is -0.925. The van der Waals surface area contributed by atoms with Crippen molar-refractivity contribution >= 4 is 40.3 Å². The second kappa shape index (κ2) is 8.14. The summed E-state index contributed by atoms with van der Waals surface area (Å²) in [5.41, 5.74) is 1.55. The number of hydrogen-bond donors (Lipinski definition) is 0. The van der Waals surface area contributed by atoms with Gasteiger partial charge in [-0.3, -0.25) is 14.6 Å². The molecule has 1 aliphatic rings. The van der Waals surface area contributed by atoms with Crippen molar-refractivity contribution in [1.82, 2.24) is 14.8 Å². The van der Waals surface area contributed by atoms with E-state index < -0.39 is 12.1 Å². The Morgan fingerprint density at radius 3 is 2.39 bits per heavy atom. The summed E-state index contributed by atoms with van der Waals surface area (Å²) in [6.45, 7) is 6.60. The molecule has 2 amide bonds. The van der Waals surface area contributed by atoms with Gasteiger partial charge in [0.15, 0.2) is 6.10 Å². The van der Waals surface area contributed by atoms with E-state index in [0.29, 0.717) is 42.5 Å². The van der Waals surface area contributed by atoms with E-state index in [0.717, 1.165) is 10.9 Å². The lowest BCUT2D eigenvalue weighted by Crippen LogP contribution is -2.52. The maximum absolute atomic E-state index is 12.6.